The van der Waals surface area contributed by atoms with E-state index < -0.39 is 0 Å². The number of ether oxygens (including phenoxy) is 1. The lowest BCUT2D eigenvalue weighted by Gasteiger charge is -2.17. The maximum absolute atomic E-state index is 5.72. The van der Waals surface area contributed by atoms with Gasteiger partial charge < -0.3 is 15.4 Å². The normalized spacial score (nSPS) is 15.5. The summed E-state index contributed by atoms with van der Waals surface area (Å²) in [7, 11) is 1.82. The topological polar surface area (TPSA) is 45.7 Å². The fourth-order valence-corrected chi connectivity index (χ4v) is 2.64. The third kappa shape index (κ3) is 6.42. The molecule has 1 fully saturated rings. The molecular formula is C17H28IN3O. The summed E-state index contributed by atoms with van der Waals surface area (Å²) >= 11 is 0. The van der Waals surface area contributed by atoms with Gasteiger partial charge in [-0.1, -0.05) is 25.0 Å². The molecule has 0 radical (unpaired) electrons. The lowest BCUT2D eigenvalue weighted by Crippen LogP contribution is -2.41. The average molecular weight is 417 g/mol. The predicted octanol–water partition coefficient (Wildman–Crippen LogP) is 3.70. The number of nitrogens with one attached hydrogen (secondary N) is 2. The number of hydrogen-bond acceptors (Lipinski definition) is 2. The van der Waals surface area contributed by atoms with Crippen LogP contribution in [0.4, 0.5) is 0 Å². The van der Waals surface area contributed by atoms with E-state index in [1.165, 1.54) is 31.2 Å². The van der Waals surface area contributed by atoms with Crippen LogP contribution in [0.2, 0.25) is 0 Å². The Balaban J connectivity index is 0.00000242. The van der Waals surface area contributed by atoms with Crippen LogP contribution in [0.3, 0.4) is 0 Å². The van der Waals surface area contributed by atoms with Gasteiger partial charge in [0.2, 0.25) is 0 Å². The third-order valence-electron chi connectivity index (χ3n) is 3.65. The van der Waals surface area contributed by atoms with Gasteiger partial charge in [0.25, 0.3) is 0 Å². The second-order valence-corrected chi connectivity index (χ2v) is 5.87. The molecule has 0 saturated heterocycles. The maximum atomic E-state index is 5.72. The average Bonchev–Trinajstić information content (AvgIpc) is 2.96. The van der Waals surface area contributed by atoms with Gasteiger partial charge in [-0.15, -0.1) is 24.0 Å². The molecular weight excluding hydrogens is 389 g/mol. The monoisotopic (exact) mass is 417 g/mol. The second kappa shape index (κ2) is 9.92. The minimum atomic E-state index is 0. The van der Waals surface area contributed by atoms with Crippen molar-refractivity contribution in [3.63, 3.8) is 0 Å². The number of rotatable bonds is 5. The van der Waals surface area contributed by atoms with E-state index in [0.717, 1.165) is 18.3 Å². The van der Waals surface area contributed by atoms with Crippen molar-refractivity contribution in [3.8, 4) is 5.75 Å². The fraction of sp³-hybridized carbons (Fsp3) is 0.588. The van der Waals surface area contributed by atoms with Crippen LogP contribution in [-0.2, 0) is 6.54 Å². The molecule has 0 unspecified atom stereocenters. The molecule has 1 aliphatic rings. The van der Waals surface area contributed by atoms with Gasteiger partial charge in [0.05, 0.1) is 6.10 Å². The Labute approximate surface area is 151 Å². The molecule has 0 atom stereocenters. The molecule has 5 heteroatoms. The lowest BCUT2D eigenvalue weighted by molar-refractivity contribution is 0.242. The van der Waals surface area contributed by atoms with E-state index in [4.69, 9.17) is 4.74 Å². The van der Waals surface area contributed by atoms with Gasteiger partial charge in [0.1, 0.15) is 5.75 Å². The molecule has 0 heterocycles. The highest BCUT2D eigenvalue weighted by Gasteiger charge is 2.15. The van der Waals surface area contributed by atoms with E-state index in [0.29, 0.717) is 6.04 Å². The molecule has 1 aromatic rings. The summed E-state index contributed by atoms with van der Waals surface area (Å²) in [6.45, 7) is 4.83. The van der Waals surface area contributed by atoms with Crippen molar-refractivity contribution >= 4 is 29.9 Å². The molecule has 0 aromatic heterocycles. The summed E-state index contributed by atoms with van der Waals surface area (Å²) in [4.78, 5) is 4.30. The van der Waals surface area contributed by atoms with Crippen LogP contribution >= 0.6 is 24.0 Å². The van der Waals surface area contributed by atoms with Gasteiger partial charge in [-0.25, -0.2) is 0 Å². The van der Waals surface area contributed by atoms with Crippen molar-refractivity contribution in [3.05, 3.63) is 29.8 Å². The van der Waals surface area contributed by atoms with E-state index in [1.54, 1.807) is 0 Å². The maximum Gasteiger partial charge on any atom is 0.191 e. The first kappa shape index (κ1) is 19.1. The molecule has 2 N–H and O–H groups in total. The Morgan fingerprint density at radius 3 is 2.68 bits per heavy atom. The zero-order valence-corrected chi connectivity index (χ0v) is 16.1. The van der Waals surface area contributed by atoms with E-state index in [-0.39, 0.29) is 30.1 Å². The van der Waals surface area contributed by atoms with Gasteiger partial charge in [-0.2, -0.15) is 0 Å². The summed E-state index contributed by atoms with van der Waals surface area (Å²) < 4.78 is 5.72. The van der Waals surface area contributed by atoms with E-state index in [9.17, 15) is 0 Å². The molecule has 0 spiro atoms. The highest BCUT2D eigenvalue weighted by molar-refractivity contribution is 14.0. The number of hydrogen-bond donors (Lipinski definition) is 2. The quantitative estimate of drug-likeness (QED) is 0.436. The Morgan fingerprint density at radius 1 is 1.32 bits per heavy atom. The molecule has 0 aliphatic heterocycles. The highest BCUT2D eigenvalue weighted by atomic mass is 127. The van der Waals surface area contributed by atoms with Crippen molar-refractivity contribution in [1.82, 2.24) is 10.6 Å². The fourth-order valence-electron chi connectivity index (χ4n) is 2.64. The molecule has 0 bridgehead atoms. The zero-order chi connectivity index (χ0) is 15.1. The number of nitrogens with zero attached hydrogens (tertiary/aromatic N) is 1. The minimum Gasteiger partial charge on any atom is -0.491 e. The molecule has 124 valence electrons. The van der Waals surface area contributed by atoms with Gasteiger partial charge in [-0.3, -0.25) is 4.99 Å². The van der Waals surface area contributed by atoms with Gasteiger partial charge in [-0.05, 0) is 44.4 Å². The lowest BCUT2D eigenvalue weighted by atomic mass is 10.2. The molecule has 1 saturated carbocycles. The highest BCUT2D eigenvalue weighted by Crippen LogP contribution is 2.17. The summed E-state index contributed by atoms with van der Waals surface area (Å²) in [6.07, 6.45) is 5.34. The standard InChI is InChI=1S/C17H27N3O.HI/c1-13(2)21-16-10-6-7-14(11-16)12-19-17(18-3)20-15-8-4-5-9-15;/h6-7,10-11,13,15H,4-5,8-9,12H2,1-3H3,(H2,18,19,20);1H. The van der Waals surface area contributed by atoms with Crippen molar-refractivity contribution in [2.24, 2.45) is 4.99 Å². The van der Waals surface area contributed by atoms with Crippen LogP contribution < -0.4 is 15.4 Å². The molecule has 22 heavy (non-hydrogen) atoms. The third-order valence-corrected chi connectivity index (χ3v) is 3.65. The minimum absolute atomic E-state index is 0. The molecule has 0 amide bonds. The Morgan fingerprint density at radius 2 is 2.05 bits per heavy atom. The van der Waals surface area contributed by atoms with E-state index in [2.05, 4.69) is 27.8 Å². The number of aliphatic imine (C=N–C) groups is 1. The molecule has 2 rings (SSSR count). The van der Waals surface area contributed by atoms with Crippen LogP contribution in [0, 0.1) is 0 Å². The molecule has 1 aliphatic carbocycles. The van der Waals surface area contributed by atoms with Gasteiger partial charge >= 0.3 is 0 Å². The molecule has 4 nitrogen and oxygen atoms in total. The largest absolute Gasteiger partial charge is 0.491 e. The van der Waals surface area contributed by atoms with Crippen molar-refractivity contribution in [2.45, 2.75) is 58.2 Å². The van der Waals surface area contributed by atoms with Gasteiger partial charge in [0, 0.05) is 19.6 Å². The Kier molecular flexibility index (Phi) is 8.60. The van der Waals surface area contributed by atoms with Crippen molar-refractivity contribution in [1.29, 1.82) is 0 Å². The van der Waals surface area contributed by atoms with E-state index >= 15 is 0 Å². The first-order chi connectivity index (χ1) is 10.2. The summed E-state index contributed by atoms with van der Waals surface area (Å²) in [5, 5.41) is 6.87. The summed E-state index contributed by atoms with van der Waals surface area (Å²) in [5.41, 5.74) is 1.20. The van der Waals surface area contributed by atoms with Crippen molar-refractivity contribution < 1.29 is 4.74 Å². The molecule has 1 aromatic carbocycles. The SMILES string of the molecule is CN=C(NCc1cccc(OC(C)C)c1)NC1CCCC1.I. The zero-order valence-electron chi connectivity index (χ0n) is 13.8. The predicted molar refractivity (Wildman–Crippen MR) is 103 cm³/mol. The van der Waals surface area contributed by atoms with Gasteiger partial charge in [0.15, 0.2) is 5.96 Å². The summed E-state index contributed by atoms with van der Waals surface area (Å²) in [5.74, 6) is 1.81. The van der Waals surface area contributed by atoms with Crippen LogP contribution in [0.5, 0.6) is 5.75 Å². The van der Waals surface area contributed by atoms with Crippen molar-refractivity contribution in [2.75, 3.05) is 7.05 Å². The summed E-state index contributed by atoms with van der Waals surface area (Å²) in [6, 6.07) is 8.78. The van der Waals surface area contributed by atoms with Crippen LogP contribution in [0.1, 0.15) is 45.1 Å². The number of benzene rings is 1. The van der Waals surface area contributed by atoms with E-state index in [1.807, 2.05) is 33.0 Å². The van der Waals surface area contributed by atoms with Crippen LogP contribution in [0.15, 0.2) is 29.3 Å². The Bertz CT molecular complexity index is 471. The van der Waals surface area contributed by atoms with Crippen LogP contribution in [-0.4, -0.2) is 25.2 Å². The number of guanidine groups is 1. The smallest absolute Gasteiger partial charge is 0.191 e. The first-order valence-corrected chi connectivity index (χ1v) is 7.90. The second-order valence-electron chi connectivity index (χ2n) is 5.87. The first-order valence-electron chi connectivity index (χ1n) is 7.90. The number of halogens is 1. The van der Waals surface area contributed by atoms with Crippen LogP contribution in [0.25, 0.3) is 0 Å². The Hall–Kier alpha value is -0.980.